The molecule has 0 N–H and O–H groups in total. The van der Waals surface area contributed by atoms with Crippen LogP contribution in [0.15, 0.2) is 41.2 Å². The molecule has 104 valence electrons. The van der Waals surface area contributed by atoms with Crippen molar-refractivity contribution in [2.75, 3.05) is 26.3 Å². The van der Waals surface area contributed by atoms with Gasteiger partial charge in [-0.1, -0.05) is 29.4 Å². The number of hydrogen-bond donors (Lipinski definition) is 0. The first kappa shape index (κ1) is 12.9. The van der Waals surface area contributed by atoms with Gasteiger partial charge in [-0.25, -0.2) is 4.79 Å². The molecule has 1 aromatic rings. The van der Waals surface area contributed by atoms with E-state index in [4.69, 9.17) is 9.57 Å². The van der Waals surface area contributed by atoms with Gasteiger partial charge in [0.25, 0.3) is 0 Å². The topological polar surface area (TPSA) is 51.1 Å². The molecule has 2 aliphatic heterocycles. The minimum absolute atomic E-state index is 0.394. The molecule has 2 aliphatic rings. The maximum atomic E-state index is 11.9. The zero-order valence-electron chi connectivity index (χ0n) is 11.3. The Morgan fingerprint density at radius 2 is 2.00 bits per heavy atom. The third kappa shape index (κ3) is 2.44. The summed E-state index contributed by atoms with van der Waals surface area (Å²) in [5.74, 6) is -0.394. The summed E-state index contributed by atoms with van der Waals surface area (Å²) >= 11 is 0. The number of carbonyl (C=O) groups is 1. The van der Waals surface area contributed by atoms with Crippen molar-refractivity contribution >= 4 is 11.7 Å². The second kappa shape index (κ2) is 5.46. The molecule has 0 spiro atoms. The van der Waals surface area contributed by atoms with Crippen LogP contribution in [0.3, 0.4) is 0 Å². The predicted molar refractivity (Wildman–Crippen MR) is 74.3 cm³/mol. The van der Waals surface area contributed by atoms with E-state index in [-0.39, 0.29) is 0 Å². The number of carbonyl (C=O) groups excluding carboxylic acids is 1. The lowest BCUT2D eigenvalue weighted by atomic mass is 9.99. The van der Waals surface area contributed by atoms with Crippen LogP contribution in [-0.4, -0.2) is 42.9 Å². The molecule has 0 saturated carbocycles. The van der Waals surface area contributed by atoms with E-state index < -0.39 is 5.97 Å². The first-order chi connectivity index (χ1) is 9.75. The van der Waals surface area contributed by atoms with Crippen molar-refractivity contribution in [1.29, 1.82) is 0 Å². The lowest BCUT2D eigenvalue weighted by molar-refractivity contribution is -0.137. The lowest BCUT2D eigenvalue weighted by Gasteiger charge is -2.25. The van der Waals surface area contributed by atoms with E-state index >= 15 is 0 Å². The van der Waals surface area contributed by atoms with Crippen LogP contribution in [0, 0.1) is 6.92 Å². The van der Waals surface area contributed by atoms with Crippen molar-refractivity contribution in [3.63, 3.8) is 0 Å². The van der Waals surface area contributed by atoms with Gasteiger partial charge in [-0.2, -0.15) is 0 Å². The first-order valence-corrected chi connectivity index (χ1v) is 6.65. The Kier molecular flexibility index (Phi) is 3.52. The molecule has 1 saturated heterocycles. The van der Waals surface area contributed by atoms with E-state index in [2.05, 4.69) is 10.1 Å². The van der Waals surface area contributed by atoms with E-state index in [1.165, 1.54) is 0 Å². The molecule has 5 heteroatoms. The smallest absolute Gasteiger partial charge is 0.369 e. The summed E-state index contributed by atoms with van der Waals surface area (Å²) in [5, 5.41) is 3.94. The van der Waals surface area contributed by atoms with Crippen molar-refractivity contribution in [2.24, 2.45) is 5.16 Å². The van der Waals surface area contributed by atoms with Crippen molar-refractivity contribution in [1.82, 2.24) is 4.90 Å². The van der Waals surface area contributed by atoms with Crippen LogP contribution in [0.2, 0.25) is 0 Å². The standard InChI is InChI=1S/C15H16N2O3/c1-11-4-2-3-5-12(11)14-13(15(18)20-16-14)10-17-6-8-19-9-7-17/h2-5,10H,6-9H2,1H3/b13-10-. The first-order valence-electron chi connectivity index (χ1n) is 6.65. The van der Waals surface area contributed by atoms with Gasteiger partial charge in [0.2, 0.25) is 0 Å². The van der Waals surface area contributed by atoms with Crippen LogP contribution in [0.4, 0.5) is 0 Å². The summed E-state index contributed by atoms with van der Waals surface area (Å²) in [6, 6.07) is 7.83. The molecule has 20 heavy (non-hydrogen) atoms. The number of ether oxygens (including phenoxy) is 1. The molecule has 2 heterocycles. The molecule has 0 atom stereocenters. The molecular formula is C15H16N2O3. The third-order valence-electron chi connectivity index (χ3n) is 3.45. The highest BCUT2D eigenvalue weighted by atomic mass is 16.7. The molecule has 0 unspecified atom stereocenters. The summed E-state index contributed by atoms with van der Waals surface area (Å²) < 4.78 is 5.30. The Hall–Kier alpha value is -2.14. The highest BCUT2D eigenvalue weighted by Gasteiger charge is 2.28. The third-order valence-corrected chi connectivity index (χ3v) is 3.45. The Balaban J connectivity index is 1.92. The van der Waals surface area contributed by atoms with Crippen LogP contribution in [0.25, 0.3) is 0 Å². The molecule has 0 aromatic heterocycles. The highest BCUT2D eigenvalue weighted by molar-refractivity contribution is 6.29. The van der Waals surface area contributed by atoms with Gasteiger partial charge < -0.3 is 14.5 Å². The maximum absolute atomic E-state index is 11.9. The normalized spacial score (nSPS) is 21.1. The molecule has 1 aromatic carbocycles. The maximum Gasteiger partial charge on any atom is 0.369 e. The van der Waals surface area contributed by atoms with Gasteiger partial charge in [-0.3, -0.25) is 0 Å². The van der Waals surface area contributed by atoms with E-state index in [0.29, 0.717) is 24.5 Å². The largest absolute Gasteiger partial charge is 0.378 e. The van der Waals surface area contributed by atoms with Crippen LogP contribution >= 0.6 is 0 Å². The van der Waals surface area contributed by atoms with E-state index in [0.717, 1.165) is 24.2 Å². The molecular weight excluding hydrogens is 256 g/mol. The Bertz CT molecular complexity index is 587. The summed E-state index contributed by atoms with van der Waals surface area (Å²) in [5.41, 5.74) is 3.12. The molecule has 1 fully saturated rings. The number of benzene rings is 1. The van der Waals surface area contributed by atoms with Crippen LogP contribution in [0.1, 0.15) is 11.1 Å². The fraction of sp³-hybridized carbons (Fsp3) is 0.333. The fourth-order valence-corrected chi connectivity index (χ4v) is 2.32. The molecule has 0 bridgehead atoms. The van der Waals surface area contributed by atoms with Gasteiger partial charge in [0.15, 0.2) is 0 Å². The molecule has 5 nitrogen and oxygen atoms in total. The summed E-state index contributed by atoms with van der Waals surface area (Å²) in [6.45, 7) is 4.90. The van der Waals surface area contributed by atoms with Gasteiger partial charge in [-0.15, -0.1) is 0 Å². The van der Waals surface area contributed by atoms with Gasteiger partial charge in [0, 0.05) is 24.9 Å². The SMILES string of the molecule is Cc1ccccc1C1=NOC(=O)/C1=C\N1CCOCC1. The Morgan fingerprint density at radius 1 is 1.25 bits per heavy atom. The van der Waals surface area contributed by atoms with Gasteiger partial charge >= 0.3 is 5.97 Å². The van der Waals surface area contributed by atoms with Crippen molar-refractivity contribution < 1.29 is 14.4 Å². The van der Waals surface area contributed by atoms with Crippen LogP contribution in [0.5, 0.6) is 0 Å². The highest BCUT2D eigenvalue weighted by Crippen LogP contribution is 2.21. The average Bonchev–Trinajstić information content (AvgIpc) is 2.82. The summed E-state index contributed by atoms with van der Waals surface area (Å²) in [6.07, 6.45) is 1.84. The molecule has 3 rings (SSSR count). The fourth-order valence-electron chi connectivity index (χ4n) is 2.32. The number of hydrogen-bond acceptors (Lipinski definition) is 5. The number of rotatable bonds is 2. The van der Waals surface area contributed by atoms with Crippen LogP contribution < -0.4 is 0 Å². The summed E-state index contributed by atoms with van der Waals surface area (Å²) in [4.78, 5) is 18.8. The Labute approximate surface area is 117 Å². The van der Waals surface area contributed by atoms with Gasteiger partial charge in [-0.05, 0) is 12.5 Å². The minimum Gasteiger partial charge on any atom is -0.378 e. The van der Waals surface area contributed by atoms with Crippen molar-refractivity contribution in [3.8, 4) is 0 Å². The quantitative estimate of drug-likeness (QED) is 0.604. The second-order valence-corrected chi connectivity index (χ2v) is 4.82. The van der Waals surface area contributed by atoms with Gasteiger partial charge in [0.1, 0.15) is 11.3 Å². The molecule has 0 amide bonds. The van der Waals surface area contributed by atoms with Crippen molar-refractivity contribution in [3.05, 3.63) is 47.2 Å². The average molecular weight is 272 g/mol. The number of nitrogens with zero attached hydrogens (tertiary/aromatic N) is 2. The van der Waals surface area contributed by atoms with Crippen molar-refractivity contribution in [2.45, 2.75) is 6.92 Å². The zero-order valence-corrected chi connectivity index (χ0v) is 11.3. The Morgan fingerprint density at radius 3 is 2.75 bits per heavy atom. The summed E-state index contributed by atoms with van der Waals surface area (Å²) in [7, 11) is 0. The van der Waals surface area contributed by atoms with Gasteiger partial charge in [0.05, 0.1) is 13.2 Å². The van der Waals surface area contributed by atoms with E-state index in [1.54, 1.807) is 0 Å². The number of morpholine rings is 1. The van der Waals surface area contributed by atoms with Crippen LogP contribution in [-0.2, 0) is 14.4 Å². The zero-order chi connectivity index (χ0) is 13.9. The number of aryl methyl sites for hydroxylation is 1. The number of oxime groups is 1. The second-order valence-electron chi connectivity index (χ2n) is 4.82. The monoisotopic (exact) mass is 272 g/mol. The lowest BCUT2D eigenvalue weighted by Crippen LogP contribution is -2.33. The van der Waals surface area contributed by atoms with E-state index in [1.807, 2.05) is 37.4 Å². The minimum atomic E-state index is -0.394. The molecule has 0 radical (unpaired) electrons. The predicted octanol–water partition coefficient (Wildman–Crippen LogP) is 1.47. The van der Waals surface area contributed by atoms with E-state index in [9.17, 15) is 4.79 Å². The molecule has 0 aliphatic carbocycles.